The van der Waals surface area contributed by atoms with Gasteiger partial charge >= 0.3 is 0 Å². The Morgan fingerprint density at radius 2 is 1.70 bits per heavy atom. The summed E-state index contributed by atoms with van der Waals surface area (Å²) in [6.45, 7) is 2.52. The van der Waals surface area contributed by atoms with Crippen molar-refractivity contribution in [2.24, 2.45) is 0 Å². The lowest BCUT2D eigenvalue weighted by Gasteiger charge is -2.14. The van der Waals surface area contributed by atoms with Gasteiger partial charge in [-0.2, -0.15) is 0 Å². The van der Waals surface area contributed by atoms with E-state index in [0.29, 0.717) is 29.4 Å². The number of rotatable bonds is 8. The Balaban J connectivity index is 2.86. The summed E-state index contributed by atoms with van der Waals surface area (Å²) in [6.07, 6.45) is 1.88. The number of carbonyl (C=O) groups excluding carboxylic acids is 1. The molecule has 1 aromatic carbocycles. The maximum atomic E-state index is 12.0. The van der Waals surface area contributed by atoms with E-state index in [1.807, 2.05) is 6.92 Å². The van der Waals surface area contributed by atoms with Gasteiger partial charge in [0.05, 0.1) is 27.9 Å². The summed E-state index contributed by atoms with van der Waals surface area (Å²) in [4.78, 5) is 17.0. The van der Waals surface area contributed by atoms with Gasteiger partial charge in [0.15, 0.2) is 11.5 Å². The molecule has 1 N–H and O–H groups in total. The van der Waals surface area contributed by atoms with Gasteiger partial charge in [-0.05, 0) is 18.6 Å². The minimum Gasteiger partial charge on any atom is -0.493 e. The van der Waals surface area contributed by atoms with Crippen molar-refractivity contribution in [1.29, 1.82) is 0 Å². The van der Waals surface area contributed by atoms with E-state index in [1.54, 1.807) is 12.1 Å². The fourth-order valence-corrected chi connectivity index (χ4v) is 1.60. The minimum absolute atomic E-state index is 0.361. The van der Waals surface area contributed by atoms with Gasteiger partial charge < -0.3 is 14.2 Å². The average molecular weight is 283 g/mol. The Morgan fingerprint density at radius 1 is 1.10 bits per heavy atom. The van der Waals surface area contributed by atoms with Crippen molar-refractivity contribution in [2.45, 2.75) is 19.8 Å². The third kappa shape index (κ3) is 4.03. The minimum atomic E-state index is -0.361. The van der Waals surface area contributed by atoms with Crippen LogP contribution < -0.4 is 19.7 Å². The Morgan fingerprint density at radius 3 is 2.15 bits per heavy atom. The number of nitrogens with one attached hydrogen (secondary N) is 1. The summed E-state index contributed by atoms with van der Waals surface area (Å²) in [5.41, 5.74) is 2.75. The molecule has 1 aromatic rings. The third-order valence-corrected chi connectivity index (χ3v) is 2.69. The highest BCUT2D eigenvalue weighted by Gasteiger charge is 2.16. The summed E-state index contributed by atoms with van der Waals surface area (Å²) >= 11 is 0. The van der Waals surface area contributed by atoms with Gasteiger partial charge in [-0.1, -0.05) is 13.3 Å². The van der Waals surface area contributed by atoms with E-state index in [0.717, 1.165) is 12.8 Å². The van der Waals surface area contributed by atoms with E-state index in [1.165, 1.54) is 21.3 Å². The van der Waals surface area contributed by atoms with Gasteiger partial charge in [-0.25, -0.2) is 5.48 Å². The van der Waals surface area contributed by atoms with Crippen molar-refractivity contribution in [3.8, 4) is 17.2 Å². The highest BCUT2D eigenvalue weighted by atomic mass is 16.6. The maximum absolute atomic E-state index is 12.0. The molecule has 0 saturated carbocycles. The fraction of sp³-hybridized carbons (Fsp3) is 0.500. The van der Waals surface area contributed by atoms with Gasteiger partial charge in [0.2, 0.25) is 5.75 Å². The summed E-state index contributed by atoms with van der Waals surface area (Å²) < 4.78 is 15.6. The zero-order valence-electron chi connectivity index (χ0n) is 12.3. The number of ether oxygens (including phenoxy) is 3. The Bertz CT molecular complexity index is 422. The van der Waals surface area contributed by atoms with Crippen LogP contribution in [0.2, 0.25) is 0 Å². The molecule has 0 fully saturated rings. The van der Waals surface area contributed by atoms with Crippen molar-refractivity contribution < 1.29 is 23.8 Å². The van der Waals surface area contributed by atoms with Crippen LogP contribution >= 0.6 is 0 Å². The first kappa shape index (κ1) is 16.1. The van der Waals surface area contributed by atoms with Crippen LogP contribution in [0.3, 0.4) is 0 Å². The molecule has 0 aliphatic rings. The molecule has 20 heavy (non-hydrogen) atoms. The molecule has 1 rings (SSSR count). The number of unbranched alkanes of at least 4 members (excludes halogenated alkanes) is 1. The predicted molar refractivity (Wildman–Crippen MR) is 74.4 cm³/mol. The standard InChI is InChI=1S/C14H21NO5/c1-5-6-7-20-15-14(16)10-8-11(17-2)13(19-4)12(9-10)18-3/h8-9H,5-7H2,1-4H3,(H,15,16). The van der Waals surface area contributed by atoms with Gasteiger partial charge in [-0.3, -0.25) is 9.63 Å². The number of amides is 1. The number of hydrogen-bond acceptors (Lipinski definition) is 5. The highest BCUT2D eigenvalue weighted by molar-refractivity contribution is 5.94. The monoisotopic (exact) mass is 283 g/mol. The van der Waals surface area contributed by atoms with Gasteiger partial charge in [0, 0.05) is 5.56 Å². The summed E-state index contributed by atoms with van der Waals surface area (Å²) in [7, 11) is 4.50. The molecule has 112 valence electrons. The van der Waals surface area contributed by atoms with Crippen molar-refractivity contribution >= 4 is 5.91 Å². The number of hydroxylamine groups is 1. The van der Waals surface area contributed by atoms with Crippen molar-refractivity contribution in [1.82, 2.24) is 5.48 Å². The summed E-state index contributed by atoms with van der Waals surface area (Å²) in [5, 5.41) is 0. The molecule has 1 amide bonds. The van der Waals surface area contributed by atoms with Crippen molar-refractivity contribution in [3.63, 3.8) is 0 Å². The number of benzene rings is 1. The Kier molecular flexibility index (Phi) is 6.66. The molecule has 0 radical (unpaired) electrons. The summed E-state index contributed by atoms with van der Waals surface area (Å²) in [6, 6.07) is 3.14. The normalized spacial score (nSPS) is 10.0. The third-order valence-electron chi connectivity index (χ3n) is 2.69. The molecule has 0 aliphatic carbocycles. The molecule has 6 heteroatoms. The first-order chi connectivity index (χ1) is 9.67. The molecule has 0 spiro atoms. The second-order valence-corrected chi connectivity index (χ2v) is 4.05. The average Bonchev–Trinajstić information content (AvgIpc) is 2.49. The molecule has 0 bridgehead atoms. The number of carbonyl (C=O) groups is 1. The SMILES string of the molecule is CCCCONC(=O)c1cc(OC)c(OC)c(OC)c1. The topological polar surface area (TPSA) is 66.0 Å². The van der Waals surface area contributed by atoms with E-state index in [4.69, 9.17) is 19.0 Å². The largest absolute Gasteiger partial charge is 0.493 e. The molecule has 0 atom stereocenters. The molecule has 0 aliphatic heterocycles. The van der Waals surface area contributed by atoms with E-state index >= 15 is 0 Å². The first-order valence-electron chi connectivity index (χ1n) is 6.40. The van der Waals surface area contributed by atoms with Gasteiger partial charge in [0.25, 0.3) is 5.91 Å². The van der Waals surface area contributed by atoms with Crippen LogP contribution in [0.4, 0.5) is 0 Å². The smallest absolute Gasteiger partial charge is 0.275 e. The molecule has 0 aromatic heterocycles. The van der Waals surface area contributed by atoms with Crippen LogP contribution in [0.15, 0.2) is 12.1 Å². The van der Waals surface area contributed by atoms with Crippen LogP contribution in [0, 0.1) is 0 Å². The van der Waals surface area contributed by atoms with E-state index in [9.17, 15) is 4.79 Å². The predicted octanol–water partition coefficient (Wildman–Crippen LogP) is 2.17. The van der Waals surface area contributed by atoms with Crippen LogP contribution in [0.5, 0.6) is 17.2 Å². The molecule has 0 saturated heterocycles. The molecular weight excluding hydrogens is 262 g/mol. The number of hydrogen-bond donors (Lipinski definition) is 1. The molecule has 0 unspecified atom stereocenters. The maximum Gasteiger partial charge on any atom is 0.275 e. The Labute approximate surface area is 118 Å². The Hall–Kier alpha value is -1.95. The van der Waals surface area contributed by atoms with E-state index < -0.39 is 0 Å². The van der Waals surface area contributed by atoms with Crippen LogP contribution in [-0.2, 0) is 4.84 Å². The zero-order chi connectivity index (χ0) is 15.0. The summed E-state index contributed by atoms with van der Waals surface area (Å²) in [5.74, 6) is 0.926. The molecular formula is C14H21NO5. The van der Waals surface area contributed by atoms with Crippen LogP contribution in [0.1, 0.15) is 30.1 Å². The van der Waals surface area contributed by atoms with Crippen LogP contribution in [0.25, 0.3) is 0 Å². The zero-order valence-corrected chi connectivity index (χ0v) is 12.3. The molecule has 6 nitrogen and oxygen atoms in total. The van der Waals surface area contributed by atoms with Crippen molar-refractivity contribution in [3.05, 3.63) is 17.7 Å². The lowest BCUT2D eigenvalue weighted by Crippen LogP contribution is -2.24. The highest BCUT2D eigenvalue weighted by Crippen LogP contribution is 2.38. The van der Waals surface area contributed by atoms with E-state index in [-0.39, 0.29) is 5.91 Å². The lowest BCUT2D eigenvalue weighted by molar-refractivity contribution is 0.0301. The quantitative estimate of drug-likeness (QED) is 0.585. The lowest BCUT2D eigenvalue weighted by atomic mass is 10.1. The van der Waals surface area contributed by atoms with E-state index in [2.05, 4.69) is 5.48 Å². The van der Waals surface area contributed by atoms with Gasteiger partial charge in [-0.15, -0.1) is 0 Å². The van der Waals surface area contributed by atoms with Gasteiger partial charge in [0.1, 0.15) is 0 Å². The second kappa shape index (κ2) is 8.27. The number of methoxy groups -OCH3 is 3. The second-order valence-electron chi connectivity index (χ2n) is 4.05. The molecule has 0 heterocycles. The van der Waals surface area contributed by atoms with Crippen molar-refractivity contribution in [2.75, 3.05) is 27.9 Å². The first-order valence-corrected chi connectivity index (χ1v) is 6.40. The fourth-order valence-electron chi connectivity index (χ4n) is 1.60. The van der Waals surface area contributed by atoms with Crippen LogP contribution in [-0.4, -0.2) is 33.8 Å².